The van der Waals surface area contributed by atoms with Crippen LogP contribution in [0.1, 0.15) is 245 Å². The Morgan fingerprint density at radius 2 is 1.00 bits per heavy atom. The van der Waals surface area contributed by atoms with E-state index in [0.717, 1.165) is 38.5 Å². The molecule has 1 aliphatic rings. The minimum absolute atomic E-state index is 0.241. The minimum Gasteiger partial charge on any atom is -0.394 e. The highest BCUT2D eigenvalue weighted by molar-refractivity contribution is 7.80. The predicted octanol–water partition coefficient (Wildman–Crippen LogP) is 11.0. The van der Waals surface area contributed by atoms with Gasteiger partial charge in [0, 0.05) is 0 Å². The number of rotatable bonds is 47. The first kappa shape index (κ1) is 63.6. The molecule has 396 valence electrons. The van der Waals surface area contributed by atoms with Crippen molar-refractivity contribution in [3.05, 3.63) is 24.3 Å². The molecule has 1 rings (SSSR count). The molecule has 0 bridgehead atoms. The van der Waals surface area contributed by atoms with Gasteiger partial charge in [0.1, 0.15) is 30.5 Å². The van der Waals surface area contributed by atoms with E-state index in [1.807, 2.05) is 0 Å². The fourth-order valence-electron chi connectivity index (χ4n) is 8.77. The lowest BCUT2D eigenvalue weighted by Gasteiger charge is -2.41. The van der Waals surface area contributed by atoms with E-state index in [9.17, 15) is 43.3 Å². The van der Waals surface area contributed by atoms with E-state index >= 15 is 0 Å². The molecule has 14 heteroatoms. The maximum atomic E-state index is 13.2. The lowest BCUT2D eigenvalue weighted by atomic mass is 9.99. The monoisotopic (exact) mass is 976 g/mol. The van der Waals surface area contributed by atoms with E-state index in [1.165, 1.54) is 179 Å². The van der Waals surface area contributed by atoms with Crippen LogP contribution in [-0.2, 0) is 28.9 Å². The molecule has 8 unspecified atom stereocenters. The fraction of sp³-hybridized carbons (Fsp3) is 0.906. The molecule has 1 amide bonds. The van der Waals surface area contributed by atoms with Crippen molar-refractivity contribution >= 4 is 16.3 Å². The zero-order valence-electron chi connectivity index (χ0n) is 42.3. The smallest absolute Gasteiger partial charge is 0.394 e. The van der Waals surface area contributed by atoms with Crippen LogP contribution in [0.5, 0.6) is 0 Å². The number of aliphatic hydroxyl groups is 5. The van der Waals surface area contributed by atoms with E-state index in [4.69, 9.17) is 9.47 Å². The minimum atomic E-state index is -5.12. The molecule has 7 N–H and O–H groups in total. The number of carbonyl (C=O) groups excluding carboxylic acids is 1. The Labute approximate surface area is 408 Å². The van der Waals surface area contributed by atoms with E-state index in [1.54, 1.807) is 6.08 Å². The van der Waals surface area contributed by atoms with E-state index in [-0.39, 0.29) is 6.42 Å². The standard InChI is InChI=1S/C53H101NO12S/c1-3-5-7-9-11-13-15-17-19-21-23-24-26-27-29-31-33-35-37-39-41-46(56)45(44-64-53-50(59)51(66-67(61,62)63)49(58)48(43-55)65-53)54-52(60)47(57)42-40-38-36-34-32-30-28-25-22-20-18-16-14-12-10-8-6-4-2/h31,33,39,41,45-51,53,55-59H,3-30,32,34-38,40,42-44H2,1-2H3,(H,54,60)(H,61,62,63)/b33-31+,41-39+. The largest absolute Gasteiger partial charge is 0.397 e. The van der Waals surface area contributed by atoms with Crippen molar-refractivity contribution in [1.29, 1.82) is 0 Å². The first-order valence-corrected chi connectivity index (χ1v) is 28.7. The highest BCUT2D eigenvalue weighted by atomic mass is 32.3. The van der Waals surface area contributed by atoms with Gasteiger partial charge < -0.3 is 40.3 Å². The lowest BCUT2D eigenvalue weighted by molar-refractivity contribution is -0.298. The average Bonchev–Trinajstić information content (AvgIpc) is 3.30. The average molecular weight is 976 g/mol. The van der Waals surface area contributed by atoms with Crippen molar-refractivity contribution in [2.45, 2.75) is 294 Å². The van der Waals surface area contributed by atoms with Gasteiger partial charge in [-0.2, -0.15) is 8.42 Å². The maximum absolute atomic E-state index is 13.2. The zero-order valence-corrected chi connectivity index (χ0v) is 43.2. The van der Waals surface area contributed by atoms with Gasteiger partial charge >= 0.3 is 10.4 Å². The molecular formula is C53H101NO12S. The van der Waals surface area contributed by atoms with Crippen LogP contribution < -0.4 is 5.32 Å². The molecule has 0 aromatic rings. The van der Waals surface area contributed by atoms with Gasteiger partial charge in [-0.05, 0) is 32.1 Å². The van der Waals surface area contributed by atoms with Gasteiger partial charge in [0.05, 0.1) is 25.4 Å². The Bertz CT molecular complexity index is 1300. The van der Waals surface area contributed by atoms with Crippen molar-refractivity contribution in [2.75, 3.05) is 13.2 Å². The number of hydrogen-bond acceptors (Lipinski definition) is 11. The molecule has 0 aromatic heterocycles. The Balaban J connectivity index is 2.50. The topological polar surface area (TPSA) is 212 Å². The van der Waals surface area contributed by atoms with Crippen molar-refractivity contribution in [2.24, 2.45) is 0 Å². The third-order valence-corrected chi connectivity index (χ3v) is 13.6. The second kappa shape index (κ2) is 43.3. The van der Waals surface area contributed by atoms with Crippen LogP contribution in [0, 0.1) is 0 Å². The second-order valence-electron chi connectivity index (χ2n) is 19.3. The summed E-state index contributed by atoms with van der Waals surface area (Å²) in [5.74, 6) is -0.708. The number of amides is 1. The van der Waals surface area contributed by atoms with Gasteiger partial charge in [0.25, 0.3) is 0 Å². The summed E-state index contributed by atoms with van der Waals surface area (Å²) in [5.41, 5.74) is 0. The highest BCUT2D eigenvalue weighted by Gasteiger charge is 2.48. The van der Waals surface area contributed by atoms with Gasteiger partial charge in [-0.15, -0.1) is 0 Å². The molecule has 8 atom stereocenters. The molecule has 0 saturated carbocycles. The van der Waals surface area contributed by atoms with Crippen molar-refractivity contribution in [3.63, 3.8) is 0 Å². The number of aliphatic hydroxyl groups excluding tert-OH is 5. The van der Waals surface area contributed by atoms with Crippen LogP contribution in [0.25, 0.3) is 0 Å². The molecule has 1 saturated heterocycles. The number of ether oxygens (including phenoxy) is 2. The molecular weight excluding hydrogens is 875 g/mol. The number of unbranched alkanes of at least 4 members (excludes halogenated alkanes) is 32. The fourth-order valence-corrected chi connectivity index (χ4v) is 9.28. The summed E-state index contributed by atoms with van der Waals surface area (Å²) in [6.45, 7) is 3.24. The normalized spacial score (nSPS) is 20.5. The summed E-state index contributed by atoms with van der Waals surface area (Å²) in [7, 11) is -5.12. The Hall–Kier alpha value is -1.46. The van der Waals surface area contributed by atoms with Gasteiger partial charge in [0.2, 0.25) is 5.91 Å². The molecule has 67 heavy (non-hydrogen) atoms. The van der Waals surface area contributed by atoms with Crippen LogP contribution in [0.4, 0.5) is 0 Å². The third-order valence-electron chi connectivity index (χ3n) is 13.1. The van der Waals surface area contributed by atoms with Gasteiger partial charge in [-0.1, -0.05) is 237 Å². The first-order valence-electron chi connectivity index (χ1n) is 27.3. The third kappa shape index (κ3) is 35.3. The SMILES string of the molecule is CCCCCCCCCCCCCCCC/C=C/CC/C=C/C(O)C(COC1OC(CO)C(O)C(OS(=O)(=O)O)C1O)NC(=O)C(O)CCCCCCCCCCCCCCCCCCCC. The maximum Gasteiger partial charge on any atom is 0.397 e. The van der Waals surface area contributed by atoms with Crippen molar-refractivity contribution in [1.82, 2.24) is 5.32 Å². The van der Waals surface area contributed by atoms with Crippen LogP contribution in [0.2, 0.25) is 0 Å². The Morgan fingerprint density at radius 1 is 0.597 bits per heavy atom. The summed E-state index contributed by atoms with van der Waals surface area (Å²) in [6, 6.07) is -1.13. The summed E-state index contributed by atoms with van der Waals surface area (Å²) < 4.78 is 47.7. The number of nitrogens with one attached hydrogen (secondary N) is 1. The number of carbonyl (C=O) groups is 1. The molecule has 0 spiro atoms. The Morgan fingerprint density at radius 3 is 1.43 bits per heavy atom. The second-order valence-corrected chi connectivity index (χ2v) is 20.4. The highest BCUT2D eigenvalue weighted by Crippen LogP contribution is 2.26. The van der Waals surface area contributed by atoms with Crippen LogP contribution in [0.15, 0.2) is 24.3 Å². The Kier molecular flexibility index (Phi) is 41.1. The van der Waals surface area contributed by atoms with Crippen LogP contribution in [-0.4, -0.2) is 107 Å². The number of hydrogen-bond donors (Lipinski definition) is 7. The molecule has 1 aliphatic heterocycles. The number of allylic oxidation sites excluding steroid dienone is 3. The molecule has 0 aromatic carbocycles. The van der Waals surface area contributed by atoms with E-state index in [0.29, 0.717) is 12.8 Å². The predicted molar refractivity (Wildman–Crippen MR) is 270 cm³/mol. The molecule has 1 heterocycles. The van der Waals surface area contributed by atoms with E-state index < -0.39 is 78.5 Å². The van der Waals surface area contributed by atoms with Crippen LogP contribution >= 0.6 is 0 Å². The van der Waals surface area contributed by atoms with Gasteiger partial charge in [0.15, 0.2) is 6.29 Å². The van der Waals surface area contributed by atoms with E-state index in [2.05, 4.69) is 35.5 Å². The first-order chi connectivity index (χ1) is 32.4. The summed E-state index contributed by atoms with van der Waals surface area (Å²) >= 11 is 0. The van der Waals surface area contributed by atoms with Crippen molar-refractivity contribution < 1.29 is 57.0 Å². The molecule has 13 nitrogen and oxygen atoms in total. The summed E-state index contributed by atoms with van der Waals surface area (Å²) in [4.78, 5) is 13.2. The summed E-state index contributed by atoms with van der Waals surface area (Å²) in [6.07, 6.45) is 39.7. The van der Waals surface area contributed by atoms with Crippen LogP contribution in [0.3, 0.4) is 0 Å². The molecule has 0 aliphatic carbocycles. The quantitative estimate of drug-likeness (QED) is 0.0172. The zero-order chi connectivity index (χ0) is 49.2. The van der Waals surface area contributed by atoms with Gasteiger partial charge in [-0.3, -0.25) is 9.35 Å². The molecule has 0 radical (unpaired) electrons. The molecule has 1 fully saturated rings. The summed E-state index contributed by atoms with van der Waals surface area (Å²) in [5, 5.41) is 55.4. The lowest BCUT2D eigenvalue weighted by Crippen LogP contribution is -2.61. The van der Waals surface area contributed by atoms with Gasteiger partial charge in [-0.25, -0.2) is 4.18 Å². The van der Waals surface area contributed by atoms with Crippen molar-refractivity contribution in [3.8, 4) is 0 Å².